The monoisotopic (exact) mass is 187 g/mol. The van der Waals surface area contributed by atoms with E-state index < -0.39 is 5.60 Å². The zero-order valence-electron chi connectivity index (χ0n) is 8.17. The molecule has 0 fully saturated rings. The lowest BCUT2D eigenvalue weighted by Crippen LogP contribution is -2.19. The molecule has 3 N–H and O–H groups in total. The van der Waals surface area contributed by atoms with Crippen molar-refractivity contribution < 1.29 is 5.11 Å². The van der Waals surface area contributed by atoms with Crippen molar-refractivity contribution in [3.8, 4) is 11.8 Å². The zero-order valence-corrected chi connectivity index (χ0v) is 8.17. The molecular weight excluding hydrogens is 174 g/mol. The Hall–Kier alpha value is -1.46. The second-order valence-corrected chi connectivity index (χ2v) is 3.65. The largest absolute Gasteiger partial charge is 0.399 e. The first-order valence-electron chi connectivity index (χ1n) is 4.71. The number of anilines is 1. The van der Waals surface area contributed by atoms with Gasteiger partial charge in [0.2, 0.25) is 0 Å². The Bertz CT molecular complexity index is 428. The van der Waals surface area contributed by atoms with Crippen LogP contribution in [-0.4, -0.2) is 5.11 Å². The van der Waals surface area contributed by atoms with Crippen molar-refractivity contribution in [1.82, 2.24) is 0 Å². The third kappa shape index (κ3) is 1.26. The molecule has 2 nitrogen and oxygen atoms in total. The topological polar surface area (TPSA) is 46.2 Å². The fraction of sp³-hybridized carbons (Fsp3) is 0.333. The Morgan fingerprint density at radius 3 is 3.00 bits per heavy atom. The Labute approximate surface area is 83.7 Å². The van der Waals surface area contributed by atoms with Crippen molar-refractivity contribution in [3.05, 3.63) is 29.3 Å². The van der Waals surface area contributed by atoms with Crippen molar-refractivity contribution in [3.63, 3.8) is 0 Å². The number of hydrogen-bond donors (Lipinski definition) is 2. The minimum absolute atomic E-state index is 0.673. The van der Waals surface area contributed by atoms with Gasteiger partial charge in [0.25, 0.3) is 0 Å². The van der Waals surface area contributed by atoms with Gasteiger partial charge < -0.3 is 10.8 Å². The summed E-state index contributed by atoms with van der Waals surface area (Å²) >= 11 is 0. The highest BCUT2D eigenvalue weighted by Gasteiger charge is 2.34. The summed E-state index contributed by atoms with van der Waals surface area (Å²) in [5.41, 5.74) is 7.51. The van der Waals surface area contributed by atoms with Crippen LogP contribution < -0.4 is 5.73 Å². The lowest BCUT2D eigenvalue weighted by atomic mass is 9.96. The maximum atomic E-state index is 10.2. The molecule has 1 aliphatic carbocycles. The smallest absolute Gasteiger partial charge is 0.151 e. The highest BCUT2D eigenvalue weighted by atomic mass is 16.3. The first kappa shape index (κ1) is 9.11. The predicted molar refractivity (Wildman–Crippen MR) is 56.5 cm³/mol. The molecule has 72 valence electrons. The normalized spacial score (nSPS) is 23.9. The molecule has 2 rings (SSSR count). The van der Waals surface area contributed by atoms with Gasteiger partial charge in [-0.3, -0.25) is 0 Å². The van der Waals surface area contributed by atoms with Gasteiger partial charge in [0.05, 0.1) is 0 Å². The van der Waals surface area contributed by atoms with Gasteiger partial charge in [-0.1, -0.05) is 12.0 Å². The van der Waals surface area contributed by atoms with E-state index in [1.807, 2.05) is 18.2 Å². The third-order valence-corrected chi connectivity index (χ3v) is 2.66. The van der Waals surface area contributed by atoms with Gasteiger partial charge in [-0.25, -0.2) is 0 Å². The van der Waals surface area contributed by atoms with Gasteiger partial charge in [0.1, 0.15) is 0 Å². The Morgan fingerprint density at radius 1 is 1.50 bits per heavy atom. The summed E-state index contributed by atoms with van der Waals surface area (Å²) in [6, 6.07) is 5.61. The highest BCUT2D eigenvalue weighted by molar-refractivity contribution is 5.51. The lowest BCUT2D eigenvalue weighted by Gasteiger charge is -2.16. The van der Waals surface area contributed by atoms with Gasteiger partial charge in [-0.05, 0) is 43.0 Å². The van der Waals surface area contributed by atoms with E-state index in [1.54, 1.807) is 6.92 Å². The number of nitrogen functional groups attached to an aromatic ring is 1. The van der Waals surface area contributed by atoms with E-state index in [2.05, 4.69) is 11.8 Å². The van der Waals surface area contributed by atoms with E-state index in [1.165, 1.54) is 0 Å². The standard InChI is InChI=1S/C12H13NO/c1-2-6-12(14)7-5-9-8-10(13)3-4-11(9)12/h3-4,8,14H,5,7,13H2,1H3. The van der Waals surface area contributed by atoms with Crippen LogP contribution in [0.2, 0.25) is 0 Å². The minimum atomic E-state index is -0.947. The molecule has 0 radical (unpaired) electrons. The van der Waals surface area contributed by atoms with E-state index in [4.69, 9.17) is 5.73 Å². The second-order valence-electron chi connectivity index (χ2n) is 3.65. The number of aliphatic hydroxyl groups is 1. The zero-order chi connectivity index (χ0) is 10.2. The molecule has 0 amide bonds. The van der Waals surface area contributed by atoms with Crippen LogP contribution in [0.1, 0.15) is 24.5 Å². The Kier molecular flexibility index (Phi) is 1.98. The molecular formula is C12H13NO. The average Bonchev–Trinajstić information content (AvgIpc) is 2.44. The van der Waals surface area contributed by atoms with E-state index in [0.717, 1.165) is 23.2 Å². The van der Waals surface area contributed by atoms with Gasteiger partial charge >= 0.3 is 0 Å². The first-order chi connectivity index (χ1) is 6.65. The fourth-order valence-electron chi connectivity index (χ4n) is 2.01. The average molecular weight is 187 g/mol. The second kappa shape index (κ2) is 3.04. The maximum absolute atomic E-state index is 10.2. The Morgan fingerprint density at radius 2 is 2.29 bits per heavy atom. The summed E-state index contributed by atoms with van der Waals surface area (Å²) in [7, 11) is 0. The molecule has 0 spiro atoms. The predicted octanol–water partition coefficient (Wildman–Crippen LogP) is 1.43. The lowest BCUT2D eigenvalue weighted by molar-refractivity contribution is 0.102. The number of hydrogen-bond acceptors (Lipinski definition) is 2. The van der Waals surface area contributed by atoms with Crippen LogP contribution in [0.4, 0.5) is 5.69 Å². The summed E-state index contributed by atoms with van der Waals surface area (Å²) < 4.78 is 0. The molecule has 14 heavy (non-hydrogen) atoms. The number of benzene rings is 1. The molecule has 1 aromatic carbocycles. The molecule has 0 saturated carbocycles. The molecule has 0 heterocycles. The summed E-state index contributed by atoms with van der Waals surface area (Å²) in [6.45, 7) is 1.74. The molecule has 1 aliphatic rings. The van der Waals surface area contributed by atoms with Crippen LogP contribution >= 0.6 is 0 Å². The van der Waals surface area contributed by atoms with Crippen LogP contribution in [0.25, 0.3) is 0 Å². The van der Waals surface area contributed by atoms with E-state index in [9.17, 15) is 5.11 Å². The third-order valence-electron chi connectivity index (χ3n) is 2.66. The van der Waals surface area contributed by atoms with Crippen molar-refractivity contribution in [2.45, 2.75) is 25.4 Å². The van der Waals surface area contributed by atoms with E-state index in [-0.39, 0.29) is 0 Å². The van der Waals surface area contributed by atoms with Crippen molar-refractivity contribution in [2.24, 2.45) is 0 Å². The van der Waals surface area contributed by atoms with Crippen LogP contribution in [0.5, 0.6) is 0 Å². The molecule has 0 saturated heterocycles. The van der Waals surface area contributed by atoms with Crippen LogP contribution in [0, 0.1) is 11.8 Å². The van der Waals surface area contributed by atoms with Crippen molar-refractivity contribution in [2.75, 3.05) is 5.73 Å². The van der Waals surface area contributed by atoms with E-state index in [0.29, 0.717) is 6.42 Å². The van der Waals surface area contributed by atoms with Crippen LogP contribution in [-0.2, 0) is 12.0 Å². The Balaban J connectivity index is 2.53. The summed E-state index contributed by atoms with van der Waals surface area (Å²) in [6.07, 6.45) is 1.53. The quantitative estimate of drug-likeness (QED) is 0.476. The van der Waals surface area contributed by atoms with Crippen molar-refractivity contribution >= 4 is 5.69 Å². The van der Waals surface area contributed by atoms with Crippen molar-refractivity contribution in [1.29, 1.82) is 0 Å². The molecule has 0 bridgehead atoms. The van der Waals surface area contributed by atoms with Crippen LogP contribution in [0.3, 0.4) is 0 Å². The van der Waals surface area contributed by atoms with Crippen LogP contribution in [0.15, 0.2) is 18.2 Å². The SMILES string of the molecule is CC#CC1(O)CCc2cc(N)ccc21. The molecule has 2 heteroatoms. The number of fused-ring (bicyclic) bond motifs is 1. The number of nitrogens with two attached hydrogens (primary N) is 1. The first-order valence-corrected chi connectivity index (χ1v) is 4.71. The van der Waals surface area contributed by atoms with Gasteiger partial charge in [-0.2, -0.15) is 0 Å². The molecule has 1 aromatic rings. The number of rotatable bonds is 0. The number of aryl methyl sites for hydroxylation is 1. The summed E-state index contributed by atoms with van der Waals surface area (Å²) in [4.78, 5) is 0. The highest BCUT2D eigenvalue weighted by Crippen LogP contribution is 2.37. The van der Waals surface area contributed by atoms with Gasteiger partial charge in [0, 0.05) is 5.69 Å². The molecule has 0 aromatic heterocycles. The van der Waals surface area contributed by atoms with Gasteiger partial charge in [0.15, 0.2) is 5.60 Å². The molecule has 1 unspecified atom stereocenters. The van der Waals surface area contributed by atoms with E-state index >= 15 is 0 Å². The molecule has 0 aliphatic heterocycles. The fourth-order valence-corrected chi connectivity index (χ4v) is 2.01. The van der Waals surface area contributed by atoms with Gasteiger partial charge in [-0.15, -0.1) is 5.92 Å². The minimum Gasteiger partial charge on any atom is -0.399 e. The maximum Gasteiger partial charge on any atom is 0.151 e. The molecule has 1 atom stereocenters. The summed E-state index contributed by atoms with van der Waals surface area (Å²) in [5, 5.41) is 10.2. The summed E-state index contributed by atoms with van der Waals surface area (Å²) in [5.74, 6) is 5.64.